The second-order valence-corrected chi connectivity index (χ2v) is 10.7. The summed E-state index contributed by atoms with van der Waals surface area (Å²) in [5.74, 6) is -0.223. The number of non-ortho nitro benzene ring substituents is 1. The van der Waals surface area contributed by atoms with E-state index < -0.39 is 28.5 Å². The first-order valence-corrected chi connectivity index (χ1v) is 14.3. The van der Waals surface area contributed by atoms with Crippen LogP contribution in [0, 0.1) is 10.1 Å². The number of thioether (sulfide) groups is 1. The standard InChI is InChI=1S/C29H26BrN3O7S/c1-3-18-5-9-21(10-6-18)31-26(34)16-32-28(35)25(41-29(32)36)15-20-13-23(30)27(24(14-20)39-4-2)40-17-19-7-11-22(12-8-19)33(37)38/h5-15H,3-4,16-17H2,1-2H3,(H,31,34)/b25-15+. The molecule has 3 amide bonds. The van der Waals surface area contributed by atoms with Crippen molar-refractivity contribution in [3.8, 4) is 11.5 Å². The van der Waals surface area contributed by atoms with Crippen LogP contribution >= 0.6 is 27.7 Å². The summed E-state index contributed by atoms with van der Waals surface area (Å²) in [6.45, 7) is 3.93. The Bertz CT molecular complexity index is 1510. The van der Waals surface area contributed by atoms with Crippen molar-refractivity contribution >= 4 is 62.2 Å². The van der Waals surface area contributed by atoms with Gasteiger partial charge in [-0.25, -0.2) is 0 Å². The van der Waals surface area contributed by atoms with Crippen LogP contribution in [0.1, 0.15) is 30.5 Å². The molecule has 1 aliphatic rings. The normalized spacial score (nSPS) is 13.9. The lowest BCUT2D eigenvalue weighted by Gasteiger charge is -2.15. The lowest BCUT2D eigenvalue weighted by atomic mass is 10.1. The maximum Gasteiger partial charge on any atom is 0.294 e. The molecule has 0 aromatic heterocycles. The van der Waals surface area contributed by atoms with E-state index >= 15 is 0 Å². The summed E-state index contributed by atoms with van der Waals surface area (Å²) in [4.78, 5) is 49.6. The number of aryl methyl sites for hydroxylation is 1. The largest absolute Gasteiger partial charge is 0.490 e. The molecular weight excluding hydrogens is 614 g/mol. The van der Waals surface area contributed by atoms with Gasteiger partial charge in [-0.1, -0.05) is 19.1 Å². The Labute approximate surface area is 249 Å². The van der Waals surface area contributed by atoms with Crippen LogP contribution in [0.3, 0.4) is 0 Å². The summed E-state index contributed by atoms with van der Waals surface area (Å²) in [7, 11) is 0. The van der Waals surface area contributed by atoms with Crippen molar-refractivity contribution < 1.29 is 28.8 Å². The zero-order chi connectivity index (χ0) is 29.5. The molecule has 0 unspecified atom stereocenters. The average molecular weight is 641 g/mol. The van der Waals surface area contributed by atoms with E-state index in [1.165, 1.54) is 12.1 Å². The molecule has 1 aliphatic heterocycles. The number of carbonyl (C=O) groups is 3. The van der Waals surface area contributed by atoms with Crippen molar-refractivity contribution in [2.75, 3.05) is 18.5 Å². The smallest absolute Gasteiger partial charge is 0.294 e. The van der Waals surface area contributed by atoms with Crippen molar-refractivity contribution in [3.63, 3.8) is 0 Å². The lowest BCUT2D eigenvalue weighted by molar-refractivity contribution is -0.384. The number of carbonyl (C=O) groups excluding carboxylic acids is 3. The number of hydrogen-bond acceptors (Lipinski definition) is 8. The van der Waals surface area contributed by atoms with Crippen LogP contribution in [-0.2, 0) is 22.6 Å². The molecule has 4 rings (SSSR count). The van der Waals surface area contributed by atoms with E-state index in [9.17, 15) is 24.5 Å². The van der Waals surface area contributed by atoms with E-state index in [-0.39, 0.29) is 17.2 Å². The Kier molecular flexibility index (Phi) is 9.79. The highest BCUT2D eigenvalue weighted by atomic mass is 79.9. The van der Waals surface area contributed by atoms with Crippen LogP contribution in [0.5, 0.6) is 11.5 Å². The first kappa shape index (κ1) is 29.8. The molecular formula is C29H26BrN3O7S. The summed E-state index contributed by atoms with van der Waals surface area (Å²) in [6, 6.07) is 16.8. The second-order valence-electron chi connectivity index (χ2n) is 8.84. The quantitative estimate of drug-likeness (QED) is 0.142. The average Bonchev–Trinajstić information content (AvgIpc) is 3.20. The molecule has 41 heavy (non-hydrogen) atoms. The minimum atomic E-state index is -0.566. The van der Waals surface area contributed by atoms with Gasteiger partial charge in [0, 0.05) is 17.8 Å². The van der Waals surface area contributed by atoms with E-state index in [1.807, 2.05) is 26.0 Å². The Morgan fingerprint density at radius 2 is 1.73 bits per heavy atom. The van der Waals surface area contributed by atoms with Crippen molar-refractivity contribution in [3.05, 3.63) is 96.8 Å². The predicted molar refractivity (Wildman–Crippen MR) is 160 cm³/mol. The molecule has 12 heteroatoms. The molecule has 0 saturated carbocycles. The molecule has 0 radical (unpaired) electrons. The van der Waals surface area contributed by atoms with Gasteiger partial charge in [-0.2, -0.15) is 0 Å². The van der Waals surface area contributed by atoms with E-state index in [0.717, 1.165) is 34.2 Å². The van der Waals surface area contributed by atoms with Gasteiger partial charge in [0.15, 0.2) is 11.5 Å². The van der Waals surface area contributed by atoms with E-state index in [1.54, 1.807) is 42.5 Å². The van der Waals surface area contributed by atoms with Gasteiger partial charge in [0.25, 0.3) is 16.8 Å². The van der Waals surface area contributed by atoms with Crippen LogP contribution in [0.15, 0.2) is 70.0 Å². The first-order valence-electron chi connectivity index (χ1n) is 12.6. The molecule has 0 bridgehead atoms. The van der Waals surface area contributed by atoms with Crippen molar-refractivity contribution in [1.82, 2.24) is 4.90 Å². The predicted octanol–water partition coefficient (Wildman–Crippen LogP) is 6.57. The Balaban J connectivity index is 1.46. The Hall–Kier alpha value is -4.16. The lowest BCUT2D eigenvalue weighted by Crippen LogP contribution is -2.36. The molecule has 1 heterocycles. The maximum atomic E-state index is 13.0. The van der Waals surface area contributed by atoms with Gasteiger partial charge in [0.1, 0.15) is 13.2 Å². The number of anilines is 1. The molecule has 212 valence electrons. The van der Waals surface area contributed by atoms with Crippen LogP contribution in [0.4, 0.5) is 16.2 Å². The molecule has 1 fully saturated rings. The van der Waals surface area contributed by atoms with Gasteiger partial charge in [-0.3, -0.25) is 29.4 Å². The second kappa shape index (κ2) is 13.5. The number of nitro benzene ring substituents is 1. The molecule has 0 spiro atoms. The SMILES string of the molecule is CCOc1cc(/C=C2/SC(=O)N(CC(=O)Nc3ccc(CC)cc3)C2=O)cc(Br)c1OCc1ccc([N+](=O)[O-])cc1. The number of imide groups is 1. The number of ether oxygens (including phenoxy) is 2. The van der Waals surface area contributed by atoms with Gasteiger partial charge < -0.3 is 14.8 Å². The molecule has 1 N–H and O–H groups in total. The number of nitro groups is 1. The summed E-state index contributed by atoms with van der Waals surface area (Å²) in [5.41, 5.74) is 3.00. The van der Waals surface area contributed by atoms with Crippen LogP contribution in [0.2, 0.25) is 0 Å². The third-order valence-electron chi connectivity index (χ3n) is 5.98. The number of rotatable bonds is 11. The summed E-state index contributed by atoms with van der Waals surface area (Å²) < 4.78 is 12.3. The van der Waals surface area contributed by atoms with E-state index in [4.69, 9.17) is 9.47 Å². The van der Waals surface area contributed by atoms with Gasteiger partial charge in [-0.15, -0.1) is 0 Å². The highest BCUT2D eigenvalue weighted by Crippen LogP contribution is 2.39. The highest BCUT2D eigenvalue weighted by molar-refractivity contribution is 9.10. The monoisotopic (exact) mass is 639 g/mol. The fourth-order valence-corrected chi connectivity index (χ4v) is 5.31. The van der Waals surface area contributed by atoms with Crippen molar-refractivity contribution in [1.29, 1.82) is 0 Å². The number of halogens is 1. The molecule has 10 nitrogen and oxygen atoms in total. The van der Waals surface area contributed by atoms with E-state index in [0.29, 0.717) is 33.8 Å². The Morgan fingerprint density at radius 3 is 2.37 bits per heavy atom. The van der Waals surface area contributed by atoms with Crippen molar-refractivity contribution in [2.45, 2.75) is 26.9 Å². The van der Waals surface area contributed by atoms with Gasteiger partial charge in [-0.05, 0) is 100 Å². The summed E-state index contributed by atoms with van der Waals surface area (Å²) >= 11 is 4.24. The third kappa shape index (κ3) is 7.53. The van der Waals surface area contributed by atoms with Crippen LogP contribution in [0.25, 0.3) is 6.08 Å². The number of nitrogens with zero attached hydrogens (tertiary/aromatic N) is 2. The van der Waals surface area contributed by atoms with E-state index in [2.05, 4.69) is 21.2 Å². The molecule has 3 aromatic rings. The first-order chi connectivity index (χ1) is 19.7. The molecule has 0 atom stereocenters. The van der Waals surface area contributed by atoms with Gasteiger partial charge in [0.2, 0.25) is 5.91 Å². The minimum absolute atomic E-state index is 0.0129. The number of hydrogen-bond donors (Lipinski definition) is 1. The zero-order valence-corrected chi connectivity index (χ0v) is 24.6. The molecule has 3 aromatic carbocycles. The topological polar surface area (TPSA) is 128 Å². The molecule has 1 saturated heterocycles. The van der Waals surface area contributed by atoms with Crippen LogP contribution in [-0.4, -0.2) is 40.0 Å². The fourth-order valence-electron chi connectivity index (χ4n) is 3.90. The van der Waals surface area contributed by atoms with Gasteiger partial charge in [0.05, 0.1) is 20.9 Å². The van der Waals surface area contributed by atoms with Gasteiger partial charge >= 0.3 is 0 Å². The van der Waals surface area contributed by atoms with Crippen molar-refractivity contribution in [2.24, 2.45) is 0 Å². The number of benzene rings is 3. The number of amides is 3. The van der Waals surface area contributed by atoms with Crippen LogP contribution < -0.4 is 14.8 Å². The number of nitrogens with one attached hydrogen (secondary N) is 1. The minimum Gasteiger partial charge on any atom is -0.490 e. The maximum absolute atomic E-state index is 13.0. The summed E-state index contributed by atoms with van der Waals surface area (Å²) in [6.07, 6.45) is 2.43. The Morgan fingerprint density at radius 1 is 1.05 bits per heavy atom. The fraction of sp³-hybridized carbons (Fsp3) is 0.207. The zero-order valence-electron chi connectivity index (χ0n) is 22.2. The highest BCUT2D eigenvalue weighted by Gasteiger charge is 2.36. The third-order valence-corrected chi connectivity index (χ3v) is 7.48. The summed E-state index contributed by atoms with van der Waals surface area (Å²) in [5, 5.41) is 13.1. The molecule has 0 aliphatic carbocycles.